The van der Waals surface area contributed by atoms with E-state index < -0.39 is 12.3 Å². The first-order valence-corrected chi connectivity index (χ1v) is 5.43. The zero-order valence-corrected chi connectivity index (χ0v) is 9.22. The Morgan fingerprint density at radius 2 is 2.31 bits per heavy atom. The predicted molar refractivity (Wildman–Crippen MR) is 59.2 cm³/mol. The van der Waals surface area contributed by atoms with Crippen molar-refractivity contribution in [1.29, 1.82) is 0 Å². The van der Waals surface area contributed by atoms with E-state index in [9.17, 15) is 4.79 Å². The van der Waals surface area contributed by atoms with E-state index in [0.29, 0.717) is 13.2 Å². The minimum Gasteiger partial charge on any atom is -0.465 e. The Balaban J connectivity index is 2.35. The smallest absolute Gasteiger partial charge is 0.409 e. The lowest BCUT2D eigenvalue weighted by Gasteiger charge is -2.34. The van der Waals surface area contributed by atoms with E-state index in [-0.39, 0.29) is 0 Å². The molecule has 1 aliphatic rings. The Hall–Kier alpha value is -1.55. The van der Waals surface area contributed by atoms with Crippen LogP contribution in [0.5, 0.6) is 0 Å². The normalized spacial score (nSPS) is 19.3. The van der Waals surface area contributed by atoms with Crippen LogP contribution in [0.3, 0.4) is 0 Å². The standard InChI is InChI=1S/C12H15NO3/c1-2-16-11-10-6-4-3-5-9(10)7-8-13(11)12(14)15/h3-6,11H,2,7-8H2,1H3,(H,14,15). The average molecular weight is 221 g/mol. The predicted octanol–water partition coefficient (Wildman–Crippen LogP) is 2.26. The van der Waals surface area contributed by atoms with E-state index in [0.717, 1.165) is 12.0 Å². The Kier molecular flexibility index (Phi) is 3.10. The Morgan fingerprint density at radius 1 is 1.56 bits per heavy atom. The zero-order chi connectivity index (χ0) is 11.5. The Labute approximate surface area is 94.4 Å². The molecule has 1 aromatic rings. The van der Waals surface area contributed by atoms with Gasteiger partial charge in [-0.25, -0.2) is 4.79 Å². The number of ether oxygens (including phenoxy) is 1. The topological polar surface area (TPSA) is 49.8 Å². The molecule has 4 heteroatoms. The van der Waals surface area contributed by atoms with Gasteiger partial charge in [0.2, 0.25) is 0 Å². The molecular formula is C12H15NO3. The maximum atomic E-state index is 11.1. The van der Waals surface area contributed by atoms with Crippen LogP contribution >= 0.6 is 0 Å². The molecule has 2 rings (SSSR count). The number of rotatable bonds is 2. The lowest BCUT2D eigenvalue weighted by atomic mass is 9.98. The highest BCUT2D eigenvalue weighted by molar-refractivity contribution is 5.66. The Morgan fingerprint density at radius 3 is 3.00 bits per heavy atom. The molecule has 1 heterocycles. The SMILES string of the molecule is CCOC1c2ccccc2CCN1C(=O)O. The fourth-order valence-corrected chi connectivity index (χ4v) is 2.06. The first kappa shape index (κ1) is 11.0. The highest BCUT2D eigenvalue weighted by Gasteiger charge is 2.30. The van der Waals surface area contributed by atoms with Crippen LogP contribution in [0.15, 0.2) is 24.3 Å². The molecule has 1 aliphatic heterocycles. The minimum atomic E-state index is -0.923. The van der Waals surface area contributed by atoms with Gasteiger partial charge in [0.25, 0.3) is 0 Å². The van der Waals surface area contributed by atoms with Crippen LogP contribution in [0, 0.1) is 0 Å². The molecule has 0 saturated carbocycles. The van der Waals surface area contributed by atoms with Gasteiger partial charge in [-0.05, 0) is 18.9 Å². The fourth-order valence-electron chi connectivity index (χ4n) is 2.06. The maximum absolute atomic E-state index is 11.1. The van der Waals surface area contributed by atoms with Crippen LogP contribution in [-0.2, 0) is 11.2 Å². The first-order chi connectivity index (χ1) is 7.74. The summed E-state index contributed by atoms with van der Waals surface area (Å²) in [6.07, 6.45) is -0.619. The Bertz CT molecular complexity index is 392. The molecule has 1 atom stereocenters. The highest BCUT2D eigenvalue weighted by atomic mass is 16.5. The van der Waals surface area contributed by atoms with Crippen LogP contribution in [-0.4, -0.2) is 29.3 Å². The van der Waals surface area contributed by atoms with E-state index in [1.807, 2.05) is 31.2 Å². The van der Waals surface area contributed by atoms with Crippen molar-refractivity contribution in [2.45, 2.75) is 19.6 Å². The quantitative estimate of drug-likeness (QED) is 0.833. The molecule has 86 valence electrons. The summed E-state index contributed by atoms with van der Waals surface area (Å²) in [6.45, 7) is 2.87. The van der Waals surface area contributed by atoms with Crippen molar-refractivity contribution in [2.24, 2.45) is 0 Å². The van der Waals surface area contributed by atoms with E-state index in [4.69, 9.17) is 9.84 Å². The maximum Gasteiger partial charge on any atom is 0.409 e. The van der Waals surface area contributed by atoms with Gasteiger partial charge in [0, 0.05) is 18.7 Å². The molecule has 0 aliphatic carbocycles. The third-order valence-electron chi connectivity index (χ3n) is 2.80. The monoisotopic (exact) mass is 221 g/mol. The first-order valence-electron chi connectivity index (χ1n) is 5.43. The lowest BCUT2D eigenvalue weighted by Crippen LogP contribution is -2.40. The molecule has 4 nitrogen and oxygen atoms in total. The van der Waals surface area contributed by atoms with E-state index in [1.54, 1.807) is 0 Å². The molecule has 0 spiro atoms. The minimum absolute atomic E-state index is 0.451. The number of hydrogen-bond donors (Lipinski definition) is 1. The van der Waals surface area contributed by atoms with Crippen LogP contribution in [0.2, 0.25) is 0 Å². The van der Waals surface area contributed by atoms with Gasteiger partial charge in [-0.15, -0.1) is 0 Å². The molecule has 1 amide bonds. The van der Waals surface area contributed by atoms with Crippen molar-refractivity contribution < 1.29 is 14.6 Å². The second kappa shape index (κ2) is 4.53. The van der Waals surface area contributed by atoms with Gasteiger partial charge in [0.1, 0.15) is 0 Å². The summed E-state index contributed by atoms with van der Waals surface area (Å²) in [6, 6.07) is 7.85. The number of nitrogens with zero attached hydrogens (tertiary/aromatic N) is 1. The molecule has 0 radical (unpaired) electrons. The number of fused-ring (bicyclic) bond motifs is 1. The van der Waals surface area contributed by atoms with E-state index in [2.05, 4.69) is 0 Å². The van der Waals surface area contributed by atoms with Gasteiger partial charge in [-0.1, -0.05) is 24.3 Å². The van der Waals surface area contributed by atoms with Crippen molar-refractivity contribution in [1.82, 2.24) is 4.90 Å². The number of amides is 1. The summed E-state index contributed by atoms with van der Waals surface area (Å²) < 4.78 is 5.53. The third-order valence-corrected chi connectivity index (χ3v) is 2.80. The summed E-state index contributed by atoms with van der Waals surface area (Å²) in [4.78, 5) is 12.4. The van der Waals surface area contributed by atoms with Crippen LogP contribution in [0.25, 0.3) is 0 Å². The zero-order valence-electron chi connectivity index (χ0n) is 9.22. The van der Waals surface area contributed by atoms with Crippen LogP contribution in [0.1, 0.15) is 24.3 Å². The molecule has 0 aromatic heterocycles. The third kappa shape index (κ3) is 1.88. The van der Waals surface area contributed by atoms with Crippen molar-refractivity contribution in [2.75, 3.05) is 13.2 Å². The number of carboxylic acid groups (broad SMARTS) is 1. The van der Waals surface area contributed by atoms with Crippen LogP contribution in [0.4, 0.5) is 4.79 Å². The summed E-state index contributed by atoms with van der Waals surface area (Å²) >= 11 is 0. The van der Waals surface area contributed by atoms with Crippen molar-refractivity contribution >= 4 is 6.09 Å². The molecular weight excluding hydrogens is 206 g/mol. The van der Waals surface area contributed by atoms with Gasteiger partial charge >= 0.3 is 6.09 Å². The van der Waals surface area contributed by atoms with Crippen LogP contribution < -0.4 is 0 Å². The summed E-state index contributed by atoms with van der Waals surface area (Å²) in [5.41, 5.74) is 2.15. The molecule has 0 fully saturated rings. The molecule has 1 N–H and O–H groups in total. The number of hydrogen-bond acceptors (Lipinski definition) is 2. The molecule has 16 heavy (non-hydrogen) atoms. The molecule has 0 saturated heterocycles. The number of carbonyl (C=O) groups is 1. The average Bonchev–Trinajstić information content (AvgIpc) is 2.29. The van der Waals surface area contributed by atoms with Gasteiger partial charge in [-0.2, -0.15) is 0 Å². The number of benzene rings is 1. The second-order valence-corrected chi connectivity index (χ2v) is 3.73. The van der Waals surface area contributed by atoms with Gasteiger partial charge in [0.05, 0.1) is 0 Å². The largest absolute Gasteiger partial charge is 0.465 e. The summed E-state index contributed by atoms with van der Waals surface area (Å²) in [7, 11) is 0. The molecule has 1 aromatic carbocycles. The molecule has 1 unspecified atom stereocenters. The van der Waals surface area contributed by atoms with Crippen molar-refractivity contribution in [3.05, 3.63) is 35.4 Å². The molecule has 0 bridgehead atoms. The van der Waals surface area contributed by atoms with Crippen molar-refractivity contribution in [3.8, 4) is 0 Å². The van der Waals surface area contributed by atoms with Crippen molar-refractivity contribution in [3.63, 3.8) is 0 Å². The summed E-state index contributed by atoms with van der Waals surface area (Å²) in [5.74, 6) is 0. The summed E-state index contributed by atoms with van der Waals surface area (Å²) in [5, 5.41) is 9.11. The second-order valence-electron chi connectivity index (χ2n) is 3.73. The highest BCUT2D eigenvalue weighted by Crippen LogP contribution is 2.30. The van der Waals surface area contributed by atoms with Gasteiger partial charge in [-0.3, -0.25) is 4.90 Å². The fraction of sp³-hybridized carbons (Fsp3) is 0.417. The van der Waals surface area contributed by atoms with Gasteiger partial charge < -0.3 is 9.84 Å². The van der Waals surface area contributed by atoms with E-state index in [1.165, 1.54) is 10.5 Å². The van der Waals surface area contributed by atoms with E-state index >= 15 is 0 Å². The van der Waals surface area contributed by atoms with Gasteiger partial charge in [0.15, 0.2) is 6.23 Å². The lowest BCUT2D eigenvalue weighted by molar-refractivity contribution is -0.0508.